The molecule has 0 saturated carbocycles. The molecule has 47 heteroatoms. The minimum atomic E-state index is -1.89. The second-order valence-corrected chi connectivity index (χ2v) is 41.5. The molecule has 136 heavy (non-hydrogen) atoms. The zero-order valence-electron chi connectivity index (χ0n) is 84.2. The maximum absolute atomic E-state index is 14.5. The van der Waals surface area contributed by atoms with E-state index in [1.807, 2.05) is 13.8 Å². The van der Waals surface area contributed by atoms with Gasteiger partial charge in [-0.2, -0.15) is 0 Å². The smallest absolute Gasteiger partial charge is 0.248 e. The number of primary amides is 3. The van der Waals surface area contributed by atoms with Gasteiger partial charge in [0.25, 0.3) is 0 Å². The van der Waals surface area contributed by atoms with Crippen molar-refractivity contribution in [2.75, 3.05) is 26.2 Å². The quantitative estimate of drug-likeness (QED) is 0.0271. The average molecular weight is 1930 g/mol. The Bertz CT molecular complexity index is 4470. The van der Waals surface area contributed by atoms with Crippen LogP contribution in [0.15, 0.2) is 0 Å². The lowest BCUT2D eigenvalue weighted by Crippen LogP contribution is -2.67. The van der Waals surface area contributed by atoms with Crippen molar-refractivity contribution in [2.45, 2.75) is 381 Å². The molecular formula is C89H153N23O24. The fourth-order valence-electron chi connectivity index (χ4n) is 14.3. The molecule has 2 heterocycles. The van der Waals surface area contributed by atoms with E-state index in [9.17, 15) is 115 Å². The van der Waals surface area contributed by atoms with E-state index in [0.717, 1.165) is 0 Å². The summed E-state index contributed by atoms with van der Waals surface area (Å²) in [5.41, 5.74) is -1.48. The van der Waals surface area contributed by atoms with Gasteiger partial charge in [0.2, 0.25) is 136 Å². The van der Waals surface area contributed by atoms with Crippen LogP contribution >= 0.6 is 0 Å². The Kier molecular flexibility index (Phi) is 43.2. The predicted molar refractivity (Wildman–Crippen MR) is 496 cm³/mol. The average Bonchev–Trinajstić information content (AvgIpc) is 1.62. The van der Waals surface area contributed by atoms with Crippen LogP contribution in [0.25, 0.3) is 0 Å². The number of aliphatic hydroxyl groups excluding tert-OH is 1. The number of amides is 23. The van der Waals surface area contributed by atoms with Gasteiger partial charge in [-0.05, 0) is 221 Å². The highest BCUT2D eigenvalue weighted by Gasteiger charge is 2.50. The van der Waals surface area contributed by atoms with Crippen molar-refractivity contribution in [1.29, 1.82) is 0 Å². The van der Waals surface area contributed by atoms with Crippen LogP contribution in [0.5, 0.6) is 0 Å². The predicted octanol–water partition coefficient (Wildman–Crippen LogP) is -5.00. The number of likely N-dealkylation sites (tertiary alicyclic amines) is 2. The fraction of sp³-hybridized carbons (Fsp3) is 0.742. The summed E-state index contributed by atoms with van der Waals surface area (Å²) in [6.45, 7) is 38.4. The van der Waals surface area contributed by atoms with Crippen LogP contribution in [0, 0.1) is 17.8 Å². The Balaban J connectivity index is 2.16. The standard InChI is InChI=1S/C89H153N23O24/c1-45(2)41-50(44-113)95-63(120)51(33-36-57(90)115)96-64(121)52(34-37-58(91)116)98-72(129)83(15,16)108-76(133)86(21,22)106-69(126)61(47(5)6)100-67(124)55-31-29-39-111(55)79(136)89(27,28)110-77(134)87(23,24)109-74(131)84(17,18)102-60(118)43-93-70(127)80(9,10)104-66(123)54(42-46(3)4)97-65(122)53(35-38-59(92)117)99-73(130)82(13,14)107-75(132)85(19,20)103-62(119)48(7)94-71(128)81(11,12)105-68(125)56-32-30-40-112(56)78(135)88(25,26)101-49(8)114/h45-48,50-56,61,113H,29-44H2,1-28H3,(H2,90,115)(H2,91,116)(H2,92,117)(H,93,127)(H,94,128)(H,95,120)(H,96,121)(H,97,122)(H,98,129)(H,99,130)(H,100,124)(H,101,114)(H,102,118)(H,103,119)(H,104,123)(H,105,125)(H,106,126)(H,107,132)(H,108,133)(H,109,131)(H,110,134). The molecule has 0 aliphatic carbocycles. The number of nitrogens with two attached hydrogens (primary N) is 3. The molecule has 2 saturated heterocycles. The van der Waals surface area contributed by atoms with Gasteiger partial charge in [0.1, 0.15) is 104 Å². The lowest BCUT2D eigenvalue weighted by Gasteiger charge is -2.37. The second kappa shape index (κ2) is 49.0. The molecular weight excluding hydrogens is 1780 g/mol. The monoisotopic (exact) mass is 1930 g/mol. The van der Waals surface area contributed by atoms with Crippen LogP contribution in [0.2, 0.25) is 0 Å². The molecule has 0 bridgehead atoms. The van der Waals surface area contributed by atoms with E-state index in [-0.39, 0.29) is 63.5 Å². The zero-order valence-corrected chi connectivity index (χ0v) is 84.2. The number of hydrogen-bond donors (Lipinski definition) is 22. The van der Waals surface area contributed by atoms with Gasteiger partial charge in [-0.15, -0.1) is 0 Å². The second-order valence-electron chi connectivity index (χ2n) is 41.5. The lowest BCUT2D eigenvalue weighted by molar-refractivity contribution is -0.146. The number of carbonyl (C=O) groups excluding carboxylic acids is 23. The molecule has 0 radical (unpaired) electrons. The van der Waals surface area contributed by atoms with Crippen LogP contribution in [-0.4, -0.2) is 287 Å². The Morgan fingerprint density at radius 3 is 1.04 bits per heavy atom. The van der Waals surface area contributed by atoms with E-state index in [1.165, 1.54) is 162 Å². The van der Waals surface area contributed by atoms with Gasteiger partial charge in [0.05, 0.1) is 19.2 Å². The van der Waals surface area contributed by atoms with Gasteiger partial charge in [-0.3, -0.25) is 110 Å². The van der Waals surface area contributed by atoms with Crippen molar-refractivity contribution >= 4 is 136 Å². The van der Waals surface area contributed by atoms with Gasteiger partial charge < -0.3 is 128 Å². The summed E-state index contributed by atoms with van der Waals surface area (Å²) in [6.07, 6.45) is -0.889. The van der Waals surface area contributed by atoms with Crippen LogP contribution in [0.4, 0.5) is 0 Å². The summed E-state index contributed by atoms with van der Waals surface area (Å²) in [5.74, 6) is -20.3. The molecule has 0 spiro atoms. The molecule has 768 valence electrons. The number of hydrogen-bond acceptors (Lipinski definition) is 24. The number of rotatable bonds is 52. The minimum Gasteiger partial charge on any atom is -0.394 e. The lowest BCUT2D eigenvalue weighted by atomic mass is 9.95. The molecule has 0 aromatic heterocycles. The molecule has 47 nitrogen and oxygen atoms in total. The maximum atomic E-state index is 14.5. The van der Waals surface area contributed by atoms with E-state index in [0.29, 0.717) is 19.3 Å². The largest absolute Gasteiger partial charge is 0.394 e. The summed E-state index contributed by atoms with van der Waals surface area (Å²) in [4.78, 5) is 315. The fourth-order valence-corrected chi connectivity index (χ4v) is 14.3. The van der Waals surface area contributed by atoms with Gasteiger partial charge in [-0.1, -0.05) is 41.5 Å². The maximum Gasteiger partial charge on any atom is 0.248 e. The molecule has 0 aromatic carbocycles. The molecule has 2 aliphatic rings. The first-order chi connectivity index (χ1) is 61.8. The molecule has 25 N–H and O–H groups in total. The third kappa shape index (κ3) is 36.8. The number of nitrogens with zero attached hydrogens (tertiary/aromatic N) is 2. The van der Waals surface area contributed by atoms with Gasteiger partial charge in [0, 0.05) is 39.3 Å². The van der Waals surface area contributed by atoms with Crippen LogP contribution in [-0.2, 0) is 110 Å². The Hall–Kier alpha value is -12.2. The zero-order chi connectivity index (χ0) is 105. The Morgan fingerprint density at radius 2 is 0.654 bits per heavy atom. The SMILES string of the molecule is CC(=O)NC(C)(C)C(=O)N1CCCC1C(=O)NC(C)(C)C(=O)NC(C)C(=O)NC(C)(C)C(=O)NC(C)(C)C(=O)NC(CCC(N)=O)C(=O)NC(CC(C)C)C(=O)NC(C)(C)C(=O)NCC(=O)NC(C)(C)C(=O)NC(C)(C)C(=O)NC(C)(C)C(=O)N1CCCC1C(=O)NC(C(=O)NC(C)(C)C(=O)NC(C)(C)C(=O)NC(CCC(N)=O)C(=O)NC(CCC(N)=O)C(=O)NC(CO)CC(C)C)C(C)C. The number of carbonyl (C=O) groups is 23. The van der Waals surface area contributed by atoms with Crippen molar-refractivity contribution in [3.63, 3.8) is 0 Å². The van der Waals surface area contributed by atoms with Crippen LogP contribution < -0.4 is 113 Å². The highest BCUT2D eigenvalue weighted by molar-refractivity contribution is 6.05. The molecule has 2 rings (SSSR count). The molecule has 2 fully saturated rings. The van der Waals surface area contributed by atoms with E-state index in [2.05, 4.69) is 95.7 Å². The Morgan fingerprint density at radius 1 is 0.331 bits per heavy atom. The van der Waals surface area contributed by atoms with Crippen molar-refractivity contribution in [3.8, 4) is 0 Å². The van der Waals surface area contributed by atoms with Gasteiger partial charge >= 0.3 is 0 Å². The first-order valence-corrected chi connectivity index (χ1v) is 45.5. The normalized spacial score (nSPS) is 16.1. The van der Waals surface area contributed by atoms with E-state index >= 15 is 0 Å². The highest BCUT2D eigenvalue weighted by Crippen LogP contribution is 2.27. The summed E-state index contributed by atoms with van der Waals surface area (Å²) >= 11 is 0. The van der Waals surface area contributed by atoms with Crippen LogP contribution in [0.1, 0.15) is 271 Å². The van der Waals surface area contributed by atoms with Crippen molar-refractivity contribution < 1.29 is 115 Å². The molecule has 2 aliphatic heterocycles. The van der Waals surface area contributed by atoms with Crippen LogP contribution in [0.3, 0.4) is 0 Å². The first kappa shape index (κ1) is 120. The Labute approximate surface area is 795 Å². The van der Waals surface area contributed by atoms with Gasteiger partial charge in [-0.25, -0.2) is 0 Å². The molecule has 0 aromatic rings. The van der Waals surface area contributed by atoms with Crippen molar-refractivity contribution in [1.82, 2.24) is 106 Å². The third-order valence-electron chi connectivity index (χ3n) is 22.6. The summed E-state index contributed by atoms with van der Waals surface area (Å²) < 4.78 is 0. The molecule has 9 unspecified atom stereocenters. The summed E-state index contributed by atoms with van der Waals surface area (Å²) in [7, 11) is 0. The highest BCUT2D eigenvalue weighted by atomic mass is 16.3. The first-order valence-electron chi connectivity index (χ1n) is 45.5. The van der Waals surface area contributed by atoms with E-state index in [1.54, 1.807) is 27.7 Å². The van der Waals surface area contributed by atoms with Gasteiger partial charge in [0.15, 0.2) is 0 Å². The van der Waals surface area contributed by atoms with E-state index in [4.69, 9.17) is 17.2 Å². The van der Waals surface area contributed by atoms with Crippen molar-refractivity contribution in [3.05, 3.63) is 0 Å². The third-order valence-corrected chi connectivity index (χ3v) is 22.6. The summed E-state index contributed by atoms with van der Waals surface area (Å²) in [6, 6.07) is -11.6. The number of nitrogens with one attached hydrogen (secondary N) is 18. The molecule has 23 amide bonds. The summed E-state index contributed by atoms with van der Waals surface area (Å²) in [5, 5.41) is 55.7. The topological polar surface area (TPSA) is 714 Å². The number of aliphatic hydroxyl groups is 1. The van der Waals surface area contributed by atoms with E-state index < -0.39 is 284 Å². The molecule has 9 atom stereocenters. The minimum absolute atomic E-state index is 0.0228. The van der Waals surface area contributed by atoms with Crippen molar-refractivity contribution in [2.24, 2.45) is 35.0 Å².